The highest BCUT2D eigenvalue weighted by molar-refractivity contribution is 8.02. The van der Waals surface area contributed by atoms with E-state index in [9.17, 15) is 19.5 Å². The summed E-state index contributed by atoms with van der Waals surface area (Å²) in [7, 11) is 0. The Morgan fingerprint density at radius 1 is 1.11 bits per heavy atom. The van der Waals surface area contributed by atoms with E-state index in [1.54, 1.807) is 34.1 Å². The fourth-order valence-electron chi connectivity index (χ4n) is 6.13. The molecule has 7 nitrogen and oxygen atoms in total. The molecule has 0 radical (unpaired) electrons. The number of anilines is 1. The summed E-state index contributed by atoms with van der Waals surface area (Å²) in [5.74, 6) is -2.57. The summed E-state index contributed by atoms with van der Waals surface area (Å²) in [5, 5.41) is 10.9. The number of halogens is 1. The summed E-state index contributed by atoms with van der Waals surface area (Å²) in [5.41, 5.74) is 0.671. The van der Waals surface area contributed by atoms with E-state index in [0.717, 1.165) is 0 Å². The van der Waals surface area contributed by atoms with Crippen molar-refractivity contribution in [2.24, 2.45) is 17.8 Å². The number of aliphatic hydroxyl groups is 1. The molecule has 1 spiro atoms. The SMILES string of the molecule is CC(C)[C@H](CO)N1C(=O)[C@@H]2[C@H]3C(=O)OCC=C[C@@]3(C)S[C@@]23C=CCN(c2ccc(Cl)cc2)C(=O)C13. The van der Waals surface area contributed by atoms with Gasteiger partial charge in [-0.2, -0.15) is 0 Å². The second kappa shape index (κ2) is 8.68. The van der Waals surface area contributed by atoms with Gasteiger partial charge in [0.15, 0.2) is 0 Å². The summed E-state index contributed by atoms with van der Waals surface area (Å²) in [6, 6.07) is 5.56. The number of fused-ring (bicyclic) bond motifs is 2. The number of esters is 1. The number of cyclic esters (lactones) is 1. The van der Waals surface area contributed by atoms with Crippen LogP contribution in [-0.2, 0) is 19.1 Å². The van der Waals surface area contributed by atoms with Crippen LogP contribution in [0, 0.1) is 17.8 Å². The minimum absolute atomic E-state index is 0.0961. The summed E-state index contributed by atoms with van der Waals surface area (Å²) in [6.45, 7) is 5.99. The minimum Gasteiger partial charge on any atom is -0.461 e. The molecule has 2 amide bonds. The molecule has 4 aliphatic rings. The van der Waals surface area contributed by atoms with E-state index in [0.29, 0.717) is 17.3 Å². The summed E-state index contributed by atoms with van der Waals surface area (Å²) in [4.78, 5) is 44.9. The zero-order valence-corrected chi connectivity index (χ0v) is 21.5. The van der Waals surface area contributed by atoms with E-state index in [-0.39, 0.29) is 30.9 Å². The third-order valence-corrected chi connectivity index (χ3v) is 9.75. The maximum Gasteiger partial charge on any atom is 0.311 e. The van der Waals surface area contributed by atoms with Crippen molar-refractivity contribution in [3.8, 4) is 0 Å². The molecule has 0 aromatic heterocycles. The first-order valence-electron chi connectivity index (χ1n) is 11.9. The van der Waals surface area contributed by atoms with Crippen LogP contribution in [0.2, 0.25) is 5.02 Å². The van der Waals surface area contributed by atoms with Gasteiger partial charge >= 0.3 is 5.97 Å². The highest BCUT2D eigenvalue weighted by Gasteiger charge is 2.74. The van der Waals surface area contributed by atoms with Crippen molar-refractivity contribution in [1.29, 1.82) is 0 Å². The molecule has 1 N–H and O–H groups in total. The van der Waals surface area contributed by atoms with Crippen molar-refractivity contribution in [2.45, 2.75) is 42.3 Å². The van der Waals surface area contributed by atoms with Gasteiger partial charge in [-0.25, -0.2) is 0 Å². The summed E-state index contributed by atoms with van der Waals surface area (Å²) in [6.07, 6.45) is 7.62. The van der Waals surface area contributed by atoms with Gasteiger partial charge in [0.1, 0.15) is 12.6 Å². The Labute approximate surface area is 214 Å². The van der Waals surface area contributed by atoms with E-state index in [1.165, 1.54) is 11.8 Å². The first-order valence-corrected chi connectivity index (χ1v) is 13.1. The molecule has 9 heteroatoms. The number of carbonyl (C=O) groups is 3. The van der Waals surface area contributed by atoms with Crippen LogP contribution in [0.4, 0.5) is 5.69 Å². The highest BCUT2D eigenvalue weighted by Crippen LogP contribution is 2.65. The van der Waals surface area contributed by atoms with E-state index in [1.807, 2.05) is 45.1 Å². The zero-order chi connectivity index (χ0) is 25.1. The van der Waals surface area contributed by atoms with Crippen LogP contribution in [0.15, 0.2) is 48.6 Å². The number of amides is 2. The average molecular weight is 517 g/mol. The Hall–Kier alpha value is -2.29. The van der Waals surface area contributed by atoms with E-state index in [2.05, 4.69) is 0 Å². The molecular weight excluding hydrogens is 488 g/mol. The van der Waals surface area contributed by atoms with Crippen LogP contribution in [-0.4, -0.2) is 69.1 Å². The molecule has 6 atom stereocenters. The molecule has 4 heterocycles. The number of carbonyl (C=O) groups excluding carboxylic acids is 3. The Kier molecular flexibility index (Phi) is 6.05. The zero-order valence-electron chi connectivity index (χ0n) is 19.9. The first-order chi connectivity index (χ1) is 16.6. The molecule has 1 unspecified atom stereocenters. The number of hydrogen-bond acceptors (Lipinski definition) is 6. The van der Waals surface area contributed by atoms with Crippen molar-refractivity contribution >= 4 is 46.8 Å². The van der Waals surface area contributed by atoms with Crippen LogP contribution < -0.4 is 4.90 Å². The Bertz CT molecular complexity index is 1120. The van der Waals surface area contributed by atoms with Crippen molar-refractivity contribution in [1.82, 2.24) is 4.90 Å². The number of ether oxygens (including phenoxy) is 1. The monoisotopic (exact) mass is 516 g/mol. The molecule has 1 aromatic rings. The standard InChI is InChI=1S/C26H29ClN2O5S/c1-15(2)18(14-30)29-21-23(32)28(17-8-6-16(27)7-9-17)12-4-11-26(21)19(22(29)31)20-24(33)34-13-5-10-25(20,3)35-26/h4-11,15,18-21,30H,12-14H2,1-3H3/t18-,19-,20-,21?,25+,26-/m0/s1. The molecule has 4 aliphatic heterocycles. The summed E-state index contributed by atoms with van der Waals surface area (Å²) >= 11 is 7.57. The number of aliphatic hydroxyl groups excluding tert-OH is 1. The maximum absolute atomic E-state index is 14.3. The predicted molar refractivity (Wildman–Crippen MR) is 135 cm³/mol. The van der Waals surface area contributed by atoms with E-state index in [4.69, 9.17) is 16.3 Å². The summed E-state index contributed by atoms with van der Waals surface area (Å²) < 4.78 is 3.78. The number of rotatable bonds is 4. The molecular formula is C26H29ClN2O5S. The molecule has 5 rings (SSSR count). The Balaban J connectivity index is 1.69. The van der Waals surface area contributed by atoms with E-state index < -0.39 is 39.4 Å². The van der Waals surface area contributed by atoms with Crippen molar-refractivity contribution in [3.05, 3.63) is 53.6 Å². The topological polar surface area (TPSA) is 87.2 Å². The van der Waals surface area contributed by atoms with E-state index >= 15 is 0 Å². The maximum atomic E-state index is 14.3. The number of likely N-dealkylation sites (tertiary alicyclic amines) is 1. The lowest BCUT2D eigenvalue weighted by Crippen LogP contribution is -2.58. The molecule has 2 saturated heterocycles. The van der Waals surface area contributed by atoms with Crippen LogP contribution in [0.25, 0.3) is 0 Å². The molecule has 0 bridgehead atoms. The van der Waals surface area contributed by atoms with Crippen molar-refractivity contribution in [2.75, 3.05) is 24.7 Å². The lowest BCUT2D eigenvalue weighted by atomic mass is 9.75. The van der Waals surface area contributed by atoms with Crippen molar-refractivity contribution < 1.29 is 24.2 Å². The Morgan fingerprint density at radius 2 is 1.83 bits per heavy atom. The highest BCUT2D eigenvalue weighted by atomic mass is 35.5. The largest absolute Gasteiger partial charge is 0.461 e. The normalized spacial score (nSPS) is 34.9. The first kappa shape index (κ1) is 24.4. The molecule has 186 valence electrons. The van der Waals surface area contributed by atoms with Gasteiger partial charge in [0.25, 0.3) is 5.91 Å². The number of nitrogens with zero attached hydrogens (tertiary/aromatic N) is 2. The Morgan fingerprint density at radius 3 is 2.49 bits per heavy atom. The second-order valence-electron chi connectivity index (χ2n) is 10.1. The number of hydrogen-bond donors (Lipinski definition) is 1. The molecule has 35 heavy (non-hydrogen) atoms. The fourth-order valence-corrected chi connectivity index (χ4v) is 8.39. The smallest absolute Gasteiger partial charge is 0.311 e. The number of thioether (sulfide) groups is 1. The van der Waals surface area contributed by atoms with Crippen LogP contribution >= 0.6 is 23.4 Å². The van der Waals surface area contributed by atoms with Gasteiger partial charge in [-0.05, 0) is 43.2 Å². The van der Waals surface area contributed by atoms with Gasteiger partial charge in [-0.3, -0.25) is 14.4 Å². The van der Waals surface area contributed by atoms with Crippen molar-refractivity contribution in [3.63, 3.8) is 0 Å². The lowest BCUT2D eigenvalue weighted by Gasteiger charge is -2.40. The lowest BCUT2D eigenvalue weighted by molar-refractivity contribution is -0.153. The molecule has 2 fully saturated rings. The fraction of sp³-hybridized carbons (Fsp3) is 0.500. The quantitative estimate of drug-likeness (QED) is 0.489. The van der Waals surface area contributed by atoms with Gasteiger partial charge in [-0.15, -0.1) is 11.8 Å². The minimum atomic E-state index is -0.974. The molecule has 0 saturated carbocycles. The molecule has 1 aromatic carbocycles. The van der Waals surface area contributed by atoms with Crippen LogP contribution in [0.5, 0.6) is 0 Å². The number of benzene rings is 1. The molecule has 0 aliphatic carbocycles. The third kappa shape index (κ3) is 3.56. The van der Waals surface area contributed by atoms with Crippen LogP contribution in [0.1, 0.15) is 20.8 Å². The second-order valence-corrected chi connectivity index (χ2v) is 12.3. The van der Waals surface area contributed by atoms with Gasteiger partial charge < -0.3 is 19.6 Å². The van der Waals surface area contributed by atoms with Gasteiger partial charge in [-0.1, -0.05) is 43.7 Å². The average Bonchev–Trinajstić information content (AvgIpc) is 3.06. The van der Waals surface area contributed by atoms with Gasteiger partial charge in [0.2, 0.25) is 5.91 Å². The van der Waals surface area contributed by atoms with Crippen LogP contribution in [0.3, 0.4) is 0 Å². The van der Waals surface area contributed by atoms with Gasteiger partial charge in [0, 0.05) is 22.0 Å². The van der Waals surface area contributed by atoms with Gasteiger partial charge in [0.05, 0.1) is 29.2 Å². The predicted octanol–water partition coefficient (Wildman–Crippen LogP) is 3.06. The third-order valence-electron chi connectivity index (χ3n) is 7.70.